The second kappa shape index (κ2) is 6.44. The zero-order chi connectivity index (χ0) is 15.6. The summed E-state index contributed by atoms with van der Waals surface area (Å²) in [4.78, 5) is 0.377. The van der Waals surface area contributed by atoms with Gasteiger partial charge in [-0.1, -0.05) is 17.7 Å². The third-order valence-electron chi connectivity index (χ3n) is 4.14. The molecule has 0 aliphatic carbocycles. The highest BCUT2D eigenvalue weighted by Crippen LogP contribution is 2.28. The van der Waals surface area contributed by atoms with Gasteiger partial charge in [0.15, 0.2) is 0 Å². The van der Waals surface area contributed by atoms with Crippen molar-refractivity contribution in [3.8, 4) is 0 Å². The van der Waals surface area contributed by atoms with Gasteiger partial charge in [0.05, 0.1) is 11.0 Å². The normalized spacial score (nSPS) is 24.2. The smallest absolute Gasteiger partial charge is 0.243 e. The highest BCUT2D eigenvalue weighted by atomic mass is 32.2. The molecule has 1 saturated heterocycles. The number of benzene rings is 1. The Morgan fingerprint density at radius 1 is 1.38 bits per heavy atom. The first-order chi connectivity index (χ1) is 9.90. The summed E-state index contributed by atoms with van der Waals surface area (Å²) in [6.45, 7) is 4.55. The fourth-order valence-corrected chi connectivity index (χ4v) is 4.82. The quantitative estimate of drug-likeness (QED) is 0.913. The van der Waals surface area contributed by atoms with Crippen LogP contribution in [0.4, 0.5) is 0 Å². The highest BCUT2D eigenvalue weighted by Gasteiger charge is 2.36. The lowest BCUT2D eigenvalue weighted by Crippen LogP contribution is -2.51. The summed E-state index contributed by atoms with van der Waals surface area (Å²) in [5.74, 6) is 0. The first kappa shape index (κ1) is 16.4. The van der Waals surface area contributed by atoms with Crippen LogP contribution >= 0.6 is 0 Å². The lowest BCUT2D eigenvalue weighted by molar-refractivity contribution is 0.0401. The molecule has 2 unspecified atom stereocenters. The summed E-state index contributed by atoms with van der Waals surface area (Å²) in [6, 6.07) is 5.22. The van der Waals surface area contributed by atoms with Gasteiger partial charge in [-0.25, -0.2) is 8.42 Å². The third-order valence-corrected chi connectivity index (χ3v) is 6.25. The number of hydrogen-bond donors (Lipinski definition) is 1. The summed E-state index contributed by atoms with van der Waals surface area (Å²) >= 11 is 0. The highest BCUT2D eigenvalue weighted by molar-refractivity contribution is 7.89. The molecule has 2 rings (SSSR count). The van der Waals surface area contributed by atoms with Gasteiger partial charge in [-0.3, -0.25) is 0 Å². The van der Waals surface area contributed by atoms with E-state index < -0.39 is 10.0 Å². The van der Waals surface area contributed by atoms with Gasteiger partial charge in [0.25, 0.3) is 0 Å². The monoisotopic (exact) mass is 312 g/mol. The van der Waals surface area contributed by atoms with Crippen LogP contribution in [0.1, 0.15) is 24.0 Å². The molecule has 1 aliphatic heterocycles. The van der Waals surface area contributed by atoms with E-state index in [9.17, 15) is 8.42 Å². The molecule has 1 heterocycles. The molecular formula is C15H24N2O3S. The average molecular weight is 312 g/mol. The molecule has 118 valence electrons. The Kier molecular flexibility index (Phi) is 5.03. The van der Waals surface area contributed by atoms with Gasteiger partial charge in [-0.2, -0.15) is 4.31 Å². The Hall–Kier alpha value is -0.950. The molecule has 1 aromatic carbocycles. The second-order valence-corrected chi connectivity index (χ2v) is 7.52. The van der Waals surface area contributed by atoms with Crippen molar-refractivity contribution in [1.29, 1.82) is 0 Å². The van der Waals surface area contributed by atoms with Gasteiger partial charge < -0.3 is 10.5 Å². The molecule has 0 saturated carbocycles. The number of sulfonamides is 1. The molecule has 2 N–H and O–H groups in total. The van der Waals surface area contributed by atoms with E-state index in [0.29, 0.717) is 30.8 Å². The first-order valence-electron chi connectivity index (χ1n) is 7.22. The molecule has 1 aromatic rings. The Labute approximate surface area is 127 Å². The maximum atomic E-state index is 12.9. The van der Waals surface area contributed by atoms with Gasteiger partial charge in [0.1, 0.15) is 0 Å². The van der Waals surface area contributed by atoms with Gasteiger partial charge in [-0.05, 0) is 38.3 Å². The summed E-state index contributed by atoms with van der Waals surface area (Å²) < 4.78 is 32.7. The zero-order valence-corrected chi connectivity index (χ0v) is 13.7. The molecule has 0 radical (unpaired) electrons. The molecule has 1 aliphatic rings. The van der Waals surface area contributed by atoms with Gasteiger partial charge in [-0.15, -0.1) is 0 Å². The van der Waals surface area contributed by atoms with Crippen molar-refractivity contribution in [2.24, 2.45) is 5.73 Å². The number of ether oxygens (including phenoxy) is 1. The van der Waals surface area contributed by atoms with E-state index in [1.807, 2.05) is 26.0 Å². The third kappa shape index (κ3) is 3.29. The molecule has 2 atom stereocenters. The fourth-order valence-electron chi connectivity index (χ4n) is 2.95. The maximum absolute atomic E-state index is 12.9. The molecule has 5 nitrogen and oxygen atoms in total. The lowest BCUT2D eigenvalue weighted by atomic mass is 10.0. The van der Waals surface area contributed by atoms with Crippen LogP contribution in [0.3, 0.4) is 0 Å². The van der Waals surface area contributed by atoms with Gasteiger partial charge in [0, 0.05) is 26.2 Å². The lowest BCUT2D eigenvalue weighted by Gasteiger charge is -2.37. The largest absolute Gasteiger partial charge is 0.381 e. The fraction of sp³-hybridized carbons (Fsp3) is 0.600. The molecule has 0 amide bonds. The van der Waals surface area contributed by atoms with E-state index in [1.54, 1.807) is 17.5 Å². The van der Waals surface area contributed by atoms with Crippen molar-refractivity contribution in [2.75, 3.05) is 20.2 Å². The molecule has 1 fully saturated rings. The van der Waals surface area contributed by atoms with Crippen LogP contribution in [0.25, 0.3) is 0 Å². The number of aryl methyl sites for hydroxylation is 2. The van der Waals surface area contributed by atoms with E-state index in [0.717, 1.165) is 11.1 Å². The standard InChI is InChI=1S/C15H24N2O3S/c1-11-4-5-15(12(2)8-11)21(18,19)17-7-6-14(20-3)9-13(17)10-16/h4-5,8,13-14H,6-7,9-10,16H2,1-3H3. The van der Waals surface area contributed by atoms with Crippen molar-refractivity contribution < 1.29 is 13.2 Å². The van der Waals surface area contributed by atoms with Crippen LogP contribution in [0.5, 0.6) is 0 Å². The second-order valence-electron chi connectivity index (χ2n) is 5.66. The van der Waals surface area contributed by atoms with Crippen molar-refractivity contribution in [1.82, 2.24) is 4.31 Å². The molecular weight excluding hydrogens is 288 g/mol. The predicted octanol–water partition coefficient (Wildman–Crippen LogP) is 1.43. The number of piperidine rings is 1. The van der Waals surface area contributed by atoms with Crippen LogP contribution in [0.2, 0.25) is 0 Å². The van der Waals surface area contributed by atoms with Crippen molar-refractivity contribution >= 4 is 10.0 Å². The topological polar surface area (TPSA) is 72.6 Å². The summed E-state index contributed by atoms with van der Waals surface area (Å²) in [6.07, 6.45) is 1.44. The summed E-state index contributed by atoms with van der Waals surface area (Å²) in [5, 5.41) is 0. The summed E-state index contributed by atoms with van der Waals surface area (Å²) in [7, 11) is -1.85. The van der Waals surface area contributed by atoms with Crippen LogP contribution < -0.4 is 5.73 Å². The Balaban J connectivity index is 2.34. The molecule has 6 heteroatoms. The zero-order valence-electron chi connectivity index (χ0n) is 12.9. The van der Waals surface area contributed by atoms with Crippen LogP contribution in [-0.2, 0) is 14.8 Å². The van der Waals surface area contributed by atoms with E-state index in [-0.39, 0.29) is 12.1 Å². The maximum Gasteiger partial charge on any atom is 0.243 e. The predicted molar refractivity (Wildman–Crippen MR) is 82.7 cm³/mol. The van der Waals surface area contributed by atoms with E-state index in [4.69, 9.17) is 10.5 Å². The minimum absolute atomic E-state index is 0.0871. The Bertz CT molecular complexity index is 601. The van der Waals surface area contributed by atoms with Crippen molar-refractivity contribution in [2.45, 2.75) is 43.7 Å². The number of rotatable bonds is 4. The van der Waals surface area contributed by atoms with Gasteiger partial charge in [0.2, 0.25) is 10.0 Å². The summed E-state index contributed by atoms with van der Waals surface area (Å²) in [5.41, 5.74) is 7.62. The minimum Gasteiger partial charge on any atom is -0.381 e. The Morgan fingerprint density at radius 2 is 2.10 bits per heavy atom. The van der Waals surface area contributed by atoms with Crippen LogP contribution in [0.15, 0.2) is 23.1 Å². The number of hydrogen-bond acceptors (Lipinski definition) is 4. The SMILES string of the molecule is COC1CCN(S(=O)(=O)c2ccc(C)cc2C)C(CN)C1. The first-order valence-corrected chi connectivity index (χ1v) is 8.66. The Morgan fingerprint density at radius 3 is 2.67 bits per heavy atom. The number of nitrogens with two attached hydrogens (primary N) is 1. The number of nitrogens with zero attached hydrogens (tertiary/aromatic N) is 1. The van der Waals surface area contributed by atoms with E-state index >= 15 is 0 Å². The average Bonchev–Trinajstić information content (AvgIpc) is 2.46. The van der Waals surface area contributed by atoms with Gasteiger partial charge >= 0.3 is 0 Å². The molecule has 0 bridgehead atoms. The molecule has 21 heavy (non-hydrogen) atoms. The minimum atomic E-state index is -3.50. The van der Waals surface area contributed by atoms with E-state index in [1.165, 1.54) is 0 Å². The van der Waals surface area contributed by atoms with Crippen molar-refractivity contribution in [3.05, 3.63) is 29.3 Å². The molecule has 0 spiro atoms. The van der Waals surface area contributed by atoms with Crippen LogP contribution in [-0.4, -0.2) is 45.1 Å². The molecule has 0 aromatic heterocycles. The number of methoxy groups -OCH3 is 1. The van der Waals surface area contributed by atoms with Crippen LogP contribution in [0, 0.1) is 13.8 Å². The van der Waals surface area contributed by atoms with Crippen molar-refractivity contribution in [3.63, 3.8) is 0 Å². The van der Waals surface area contributed by atoms with E-state index in [2.05, 4.69) is 0 Å².